The molecular formula is C15H20BrNO2. The molecule has 0 saturated carbocycles. The maximum absolute atomic E-state index is 12.6. The first kappa shape index (κ1) is 14.5. The Morgan fingerprint density at radius 2 is 2.21 bits per heavy atom. The number of amides is 1. The van der Waals surface area contributed by atoms with Crippen molar-refractivity contribution in [2.45, 2.75) is 38.8 Å². The number of ether oxygens (including phenoxy) is 1. The molecule has 1 saturated heterocycles. The average Bonchev–Trinajstić information content (AvgIpc) is 2.41. The molecule has 1 aliphatic heterocycles. The van der Waals surface area contributed by atoms with Crippen LogP contribution in [0.1, 0.15) is 35.7 Å². The Hall–Kier alpha value is -0.870. The third-order valence-corrected chi connectivity index (χ3v) is 4.78. The lowest BCUT2D eigenvalue weighted by atomic mass is 9.98. The van der Waals surface area contributed by atoms with E-state index in [1.54, 1.807) is 7.11 Å². The summed E-state index contributed by atoms with van der Waals surface area (Å²) in [6.07, 6.45) is 2.11. The average molecular weight is 326 g/mol. The number of hydrogen-bond acceptors (Lipinski definition) is 2. The first-order chi connectivity index (χ1) is 9.04. The molecule has 1 heterocycles. The summed E-state index contributed by atoms with van der Waals surface area (Å²) in [5, 5.41) is 0. The van der Waals surface area contributed by atoms with Gasteiger partial charge in [0.05, 0.1) is 6.10 Å². The smallest absolute Gasteiger partial charge is 0.254 e. The van der Waals surface area contributed by atoms with E-state index in [2.05, 4.69) is 22.9 Å². The predicted molar refractivity (Wildman–Crippen MR) is 79.4 cm³/mol. The Labute approximate surface area is 123 Å². The third kappa shape index (κ3) is 3.00. The summed E-state index contributed by atoms with van der Waals surface area (Å²) in [5.74, 6) is 0.126. The topological polar surface area (TPSA) is 29.5 Å². The monoisotopic (exact) mass is 325 g/mol. The quantitative estimate of drug-likeness (QED) is 0.834. The molecule has 1 aromatic rings. The minimum Gasteiger partial charge on any atom is -0.381 e. The number of hydrogen-bond donors (Lipinski definition) is 0. The van der Waals surface area contributed by atoms with Gasteiger partial charge in [0.15, 0.2) is 0 Å². The van der Waals surface area contributed by atoms with Crippen molar-refractivity contribution < 1.29 is 9.53 Å². The Bertz CT molecular complexity index is 475. The molecule has 1 fully saturated rings. The second-order valence-corrected chi connectivity index (χ2v) is 6.00. The number of likely N-dealkylation sites (tertiary alicyclic amines) is 1. The zero-order valence-corrected chi connectivity index (χ0v) is 13.2. The van der Waals surface area contributed by atoms with Crippen LogP contribution < -0.4 is 0 Å². The van der Waals surface area contributed by atoms with Gasteiger partial charge in [0.1, 0.15) is 0 Å². The van der Waals surface area contributed by atoms with Gasteiger partial charge in [-0.3, -0.25) is 4.79 Å². The minimum absolute atomic E-state index is 0.126. The molecule has 104 valence electrons. The van der Waals surface area contributed by atoms with E-state index in [-0.39, 0.29) is 18.1 Å². The van der Waals surface area contributed by atoms with Gasteiger partial charge >= 0.3 is 0 Å². The van der Waals surface area contributed by atoms with E-state index >= 15 is 0 Å². The van der Waals surface area contributed by atoms with Gasteiger partial charge < -0.3 is 9.64 Å². The number of rotatable bonds is 2. The van der Waals surface area contributed by atoms with Gasteiger partial charge in [-0.25, -0.2) is 0 Å². The van der Waals surface area contributed by atoms with Crippen LogP contribution in [0, 0.1) is 6.92 Å². The van der Waals surface area contributed by atoms with Gasteiger partial charge in [-0.1, -0.05) is 22.0 Å². The summed E-state index contributed by atoms with van der Waals surface area (Å²) in [6, 6.07) is 6.01. The Kier molecular flexibility index (Phi) is 4.63. The molecule has 3 nitrogen and oxygen atoms in total. The van der Waals surface area contributed by atoms with Crippen LogP contribution >= 0.6 is 15.9 Å². The number of nitrogens with zero attached hydrogens (tertiary/aromatic N) is 1. The van der Waals surface area contributed by atoms with Crippen LogP contribution in [0.3, 0.4) is 0 Å². The second kappa shape index (κ2) is 6.06. The molecule has 2 rings (SSSR count). The van der Waals surface area contributed by atoms with Crippen LogP contribution in [0.25, 0.3) is 0 Å². The van der Waals surface area contributed by atoms with Crippen molar-refractivity contribution in [1.82, 2.24) is 4.90 Å². The highest BCUT2D eigenvalue weighted by molar-refractivity contribution is 9.10. The van der Waals surface area contributed by atoms with E-state index in [1.165, 1.54) is 0 Å². The molecular weight excluding hydrogens is 306 g/mol. The first-order valence-electron chi connectivity index (χ1n) is 6.63. The molecule has 4 heteroatoms. The minimum atomic E-state index is 0.126. The van der Waals surface area contributed by atoms with Crippen molar-refractivity contribution >= 4 is 21.8 Å². The highest BCUT2D eigenvalue weighted by Crippen LogP contribution is 2.25. The lowest BCUT2D eigenvalue weighted by molar-refractivity contribution is 0.0159. The largest absolute Gasteiger partial charge is 0.381 e. The van der Waals surface area contributed by atoms with Crippen LogP contribution in [0.15, 0.2) is 22.7 Å². The zero-order chi connectivity index (χ0) is 14.0. The fourth-order valence-electron chi connectivity index (χ4n) is 2.64. The number of halogens is 1. The summed E-state index contributed by atoms with van der Waals surface area (Å²) in [6.45, 7) is 4.84. The Morgan fingerprint density at radius 3 is 2.84 bits per heavy atom. The summed E-state index contributed by atoms with van der Waals surface area (Å²) in [7, 11) is 1.74. The zero-order valence-electron chi connectivity index (χ0n) is 11.6. The molecule has 19 heavy (non-hydrogen) atoms. The molecule has 0 radical (unpaired) electrons. The van der Waals surface area contributed by atoms with Gasteiger partial charge in [0, 0.05) is 29.7 Å². The normalized spacial score (nSPS) is 23.5. The molecule has 0 bridgehead atoms. The highest BCUT2D eigenvalue weighted by atomic mass is 79.9. The van der Waals surface area contributed by atoms with E-state index < -0.39 is 0 Å². The van der Waals surface area contributed by atoms with E-state index in [1.807, 2.05) is 30.0 Å². The van der Waals surface area contributed by atoms with Crippen LogP contribution in [0.5, 0.6) is 0 Å². The van der Waals surface area contributed by atoms with Gasteiger partial charge in [0.2, 0.25) is 0 Å². The molecule has 0 aliphatic carbocycles. The fraction of sp³-hybridized carbons (Fsp3) is 0.533. The molecule has 2 unspecified atom stereocenters. The second-order valence-electron chi connectivity index (χ2n) is 5.14. The number of piperidine rings is 1. The van der Waals surface area contributed by atoms with Gasteiger partial charge in [-0.2, -0.15) is 0 Å². The van der Waals surface area contributed by atoms with E-state index in [9.17, 15) is 4.79 Å². The number of carbonyl (C=O) groups excluding carboxylic acids is 1. The van der Waals surface area contributed by atoms with Crippen molar-refractivity contribution in [3.63, 3.8) is 0 Å². The van der Waals surface area contributed by atoms with Crippen molar-refractivity contribution in [1.29, 1.82) is 0 Å². The van der Waals surface area contributed by atoms with Crippen LogP contribution in [-0.4, -0.2) is 36.6 Å². The molecule has 0 N–H and O–H groups in total. The van der Waals surface area contributed by atoms with Gasteiger partial charge in [0.25, 0.3) is 5.91 Å². The number of methoxy groups -OCH3 is 1. The summed E-state index contributed by atoms with van der Waals surface area (Å²) in [4.78, 5) is 14.6. The van der Waals surface area contributed by atoms with Crippen LogP contribution in [0.4, 0.5) is 0 Å². The summed E-state index contributed by atoms with van der Waals surface area (Å²) in [5.41, 5.74) is 1.80. The van der Waals surface area contributed by atoms with E-state index in [4.69, 9.17) is 4.74 Å². The van der Waals surface area contributed by atoms with Crippen molar-refractivity contribution in [2.75, 3.05) is 13.7 Å². The SMILES string of the molecule is COC1CCN(C(=O)c2cccc(Br)c2C)C(C)C1. The molecule has 0 aromatic heterocycles. The maximum atomic E-state index is 12.6. The van der Waals surface area contributed by atoms with E-state index in [0.29, 0.717) is 0 Å². The summed E-state index contributed by atoms with van der Waals surface area (Å²) >= 11 is 3.48. The fourth-order valence-corrected chi connectivity index (χ4v) is 3.00. The van der Waals surface area contributed by atoms with Gasteiger partial charge in [-0.05, 0) is 44.4 Å². The third-order valence-electron chi connectivity index (χ3n) is 3.92. The van der Waals surface area contributed by atoms with Crippen LogP contribution in [-0.2, 0) is 4.74 Å². The molecule has 1 amide bonds. The molecule has 2 atom stereocenters. The van der Waals surface area contributed by atoms with Crippen molar-refractivity contribution in [3.05, 3.63) is 33.8 Å². The molecule has 1 aliphatic rings. The number of benzene rings is 1. The van der Waals surface area contributed by atoms with Gasteiger partial charge in [-0.15, -0.1) is 0 Å². The standard InChI is InChI=1S/C15H20BrNO2/c1-10-9-12(19-3)7-8-17(10)15(18)13-5-4-6-14(16)11(13)2/h4-6,10,12H,7-9H2,1-3H3. The molecule has 1 aromatic carbocycles. The Morgan fingerprint density at radius 1 is 1.47 bits per heavy atom. The first-order valence-corrected chi connectivity index (χ1v) is 7.42. The van der Waals surface area contributed by atoms with Crippen molar-refractivity contribution in [2.24, 2.45) is 0 Å². The highest BCUT2D eigenvalue weighted by Gasteiger charge is 2.29. The predicted octanol–water partition coefficient (Wildman–Crippen LogP) is 3.40. The van der Waals surface area contributed by atoms with E-state index in [0.717, 1.165) is 35.0 Å². The number of carbonyl (C=O) groups is 1. The maximum Gasteiger partial charge on any atom is 0.254 e. The lowest BCUT2D eigenvalue weighted by Crippen LogP contribution is -2.46. The lowest BCUT2D eigenvalue weighted by Gasteiger charge is -2.37. The Balaban J connectivity index is 2.18. The molecule has 0 spiro atoms. The van der Waals surface area contributed by atoms with Crippen LogP contribution in [0.2, 0.25) is 0 Å². The summed E-state index contributed by atoms with van der Waals surface area (Å²) < 4.78 is 6.38. The van der Waals surface area contributed by atoms with Crippen molar-refractivity contribution in [3.8, 4) is 0 Å².